The standard InChI is InChI=1S/C8H16N4O2/c1-6(2)5-7(8(13)14)10-3-4-11-12-9/h6-7,10H,3-5H2,1-2H3,(H,13,14). The highest BCUT2D eigenvalue weighted by Crippen LogP contribution is 2.04. The highest BCUT2D eigenvalue weighted by atomic mass is 16.4. The van der Waals surface area contributed by atoms with Crippen LogP contribution >= 0.6 is 0 Å². The fourth-order valence-corrected chi connectivity index (χ4v) is 1.08. The predicted octanol–water partition coefficient (Wildman–Crippen LogP) is 1.39. The van der Waals surface area contributed by atoms with E-state index in [9.17, 15) is 4.79 Å². The van der Waals surface area contributed by atoms with Crippen molar-refractivity contribution in [1.29, 1.82) is 0 Å². The van der Waals surface area contributed by atoms with E-state index in [2.05, 4.69) is 15.3 Å². The second-order valence-corrected chi connectivity index (χ2v) is 3.43. The lowest BCUT2D eigenvalue weighted by Gasteiger charge is -2.15. The van der Waals surface area contributed by atoms with E-state index in [-0.39, 0.29) is 6.54 Å². The fraction of sp³-hybridized carbons (Fsp3) is 0.875. The highest BCUT2D eigenvalue weighted by molar-refractivity contribution is 5.73. The summed E-state index contributed by atoms with van der Waals surface area (Å²) in [6.45, 7) is 4.60. The number of carbonyl (C=O) groups is 1. The van der Waals surface area contributed by atoms with E-state index in [0.29, 0.717) is 18.9 Å². The molecule has 14 heavy (non-hydrogen) atoms. The molecule has 0 heterocycles. The second-order valence-electron chi connectivity index (χ2n) is 3.43. The molecule has 0 rings (SSSR count). The molecular formula is C8H16N4O2. The monoisotopic (exact) mass is 200 g/mol. The summed E-state index contributed by atoms with van der Waals surface area (Å²) in [5.41, 5.74) is 8.00. The van der Waals surface area contributed by atoms with Gasteiger partial charge in [0, 0.05) is 18.0 Å². The SMILES string of the molecule is CC(C)CC(NCCN=[N+]=[N-])C(=O)O. The number of rotatable bonds is 7. The number of carboxylic acids is 1. The van der Waals surface area contributed by atoms with Gasteiger partial charge in [-0.05, 0) is 17.9 Å². The summed E-state index contributed by atoms with van der Waals surface area (Å²) >= 11 is 0. The van der Waals surface area contributed by atoms with Gasteiger partial charge in [0.05, 0.1) is 0 Å². The summed E-state index contributed by atoms with van der Waals surface area (Å²) in [5, 5.41) is 14.9. The third-order valence-corrected chi connectivity index (χ3v) is 1.67. The first-order chi connectivity index (χ1) is 6.57. The lowest BCUT2D eigenvalue weighted by Crippen LogP contribution is -2.39. The van der Waals surface area contributed by atoms with Gasteiger partial charge in [0.1, 0.15) is 6.04 Å². The Bertz CT molecular complexity index is 223. The molecule has 0 spiro atoms. The van der Waals surface area contributed by atoms with Crippen LogP contribution in [0.1, 0.15) is 20.3 Å². The Kier molecular flexibility index (Phi) is 6.53. The van der Waals surface area contributed by atoms with Crippen LogP contribution in [-0.2, 0) is 4.79 Å². The van der Waals surface area contributed by atoms with Crippen molar-refractivity contribution in [3.05, 3.63) is 10.4 Å². The maximum Gasteiger partial charge on any atom is 0.320 e. The Hall–Kier alpha value is -1.26. The summed E-state index contributed by atoms with van der Waals surface area (Å²) in [7, 11) is 0. The molecule has 0 aliphatic heterocycles. The van der Waals surface area contributed by atoms with Crippen molar-refractivity contribution < 1.29 is 9.90 Å². The van der Waals surface area contributed by atoms with Crippen LogP contribution < -0.4 is 5.32 Å². The van der Waals surface area contributed by atoms with Crippen LogP contribution in [0.5, 0.6) is 0 Å². The number of nitrogens with one attached hydrogen (secondary N) is 1. The summed E-state index contributed by atoms with van der Waals surface area (Å²) in [4.78, 5) is 13.3. The maximum atomic E-state index is 10.7. The van der Waals surface area contributed by atoms with Crippen molar-refractivity contribution in [2.75, 3.05) is 13.1 Å². The van der Waals surface area contributed by atoms with Crippen LogP contribution in [0.2, 0.25) is 0 Å². The molecule has 0 aromatic rings. The van der Waals surface area contributed by atoms with Crippen LogP contribution in [0.3, 0.4) is 0 Å². The number of hydrogen-bond acceptors (Lipinski definition) is 3. The zero-order valence-electron chi connectivity index (χ0n) is 8.47. The van der Waals surface area contributed by atoms with E-state index in [1.165, 1.54) is 0 Å². The van der Waals surface area contributed by atoms with E-state index in [4.69, 9.17) is 10.6 Å². The van der Waals surface area contributed by atoms with Gasteiger partial charge < -0.3 is 10.4 Å². The Labute approximate surface area is 82.9 Å². The van der Waals surface area contributed by atoms with E-state index < -0.39 is 12.0 Å². The molecule has 0 saturated heterocycles. The van der Waals surface area contributed by atoms with Crippen molar-refractivity contribution in [3.63, 3.8) is 0 Å². The van der Waals surface area contributed by atoms with Crippen LogP contribution in [-0.4, -0.2) is 30.2 Å². The molecule has 0 aromatic heterocycles. The summed E-state index contributed by atoms with van der Waals surface area (Å²) in [6.07, 6.45) is 0.575. The van der Waals surface area contributed by atoms with Crippen molar-refractivity contribution in [3.8, 4) is 0 Å². The van der Waals surface area contributed by atoms with Gasteiger partial charge in [0.15, 0.2) is 0 Å². The minimum atomic E-state index is -0.861. The van der Waals surface area contributed by atoms with Crippen LogP contribution in [0, 0.1) is 5.92 Å². The third kappa shape index (κ3) is 6.28. The Balaban J connectivity index is 3.85. The average molecular weight is 200 g/mol. The first-order valence-electron chi connectivity index (χ1n) is 4.55. The number of aliphatic carboxylic acids is 1. The van der Waals surface area contributed by atoms with Gasteiger partial charge in [0.25, 0.3) is 0 Å². The van der Waals surface area contributed by atoms with Gasteiger partial charge in [-0.2, -0.15) is 0 Å². The Morgan fingerprint density at radius 3 is 2.71 bits per heavy atom. The normalized spacial score (nSPS) is 12.2. The third-order valence-electron chi connectivity index (χ3n) is 1.67. The molecular weight excluding hydrogens is 184 g/mol. The van der Waals surface area contributed by atoms with Crippen LogP contribution in [0.25, 0.3) is 10.4 Å². The molecule has 0 fully saturated rings. The number of nitrogens with zero attached hydrogens (tertiary/aromatic N) is 3. The van der Waals surface area contributed by atoms with Gasteiger partial charge in [0.2, 0.25) is 0 Å². The zero-order chi connectivity index (χ0) is 11.0. The van der Waals surface area contributed by atoms with E-state index in [1.807, 2.05) is 13.8 Å². The van der Waals surface area contributed by atoms with Crippen LogP contribution in [0.15, 0.2) is 5.11 Å². The second kappa shape index (κ2) is 7.17. The van der Waals surface area contributed by atoms with Crippen molar-refractivity contribution in [1.82, 2.24) is 5.32 Å². The average Bonchev–Trinajstić information content (AvgIpc) is 2.09. The first kappa shape index (κ1) is 12.7. The number of hydrogen-bond donors (Lipinski definition) is 2. The Morgan fingerprint density at radius 1 is 1.64 bits per heavy atom. The molecule has 0 aliphatic rings. The van der Waals surface area contributed by atoms with Gasteiger partial charge in [-0.25, -0.2) is 0 Å². The quantitative estimate of drug-likeness (QED) is 0.281. The van der Waals surface area contributed by atoms with Crippen LogP contribution in [0.4, 0.5) is 0 Å². The van der Waals surface area contributed by atoms with E-state index in [0.717, 1.165) is 0 Å². The van der Waals surface area contributed by atoms with Gasteiger partial charge >= 0.3 is 5.97 Å². The van der Waals surface area contributed by atoms with Gasteiger partial charge in [-0.15, -0.1) is 0 Å². The molecule has 0 amide bonds. The zero-order valence-corrected chi connectivity index (χ0v) is 8.47. The van der Waals surface area contributed by atoms with Crippen molar-refractivity contribution in [2.45, 2.75) is 26.3 Å². The maximum absolute atomic E-state index is 10.7. The molecule has 6 nitrogen and oxygen atoms in total. The summed E-state index contributed by atoms with van der Waals surface area (Å²) in [5.74, 6) is -0.539. The molecule has 0 saturated carbocycles. The molecule has 0 aliphatic carbocycles. The molecule has 2 N–H and O–H groups in total. The van der Waals surface area contributed by atoms with Gasteiger partial charge in [-0.1, -0.05) is 19.0 Å². The molecule has 6 heteroatoms. The van der Waals surface area contributed by atoms with E-state index in [1.54, 1.807) is 0 Å². The van der Waals surface area contributed by atoms with Crippen molar-refractivity contribution in [2.24, 2.45) is 11.0 Å². The summed E-state index contributed by atoms with van der Waals surface area (Å²) in [6, 6.07) is -0.552. The molecule has 0 bridgehead atoms. The molecule has 1 unspecified atom stereocenters. The Morgan fingerprint density at radius 2 is 2.29 bits per heavy atom. The lowest BCUT2D eigenvalue weighted by molar-refractivity contribution is -0.139. The van der Waals surface area contributed by atoms with Crippen molar-refractivity contribution >= 4 is 5.97 Å². The largest absolute Gasteiger partial charge is 0.480 e. The van der Waals surface area contributed by atoms with Gasteiger partial charge in [-0.3, -0.25) is 4.79 Å². The first-order valence-corrected chi connectivity index (χ1v) is 4.55. The number of azide groups is 1. The minimum absolute atomic E-state index is 0.276. The molecule has 1 atom stereocenters. The molecule has 80 valence electrons. The lowest BCUT2D eigenvalue weighted by atomic mass is 10.0. The summed E-state index contributed by atoms with van der Waals surface area (Å²) < 4.78 is 0. The molecule has 0 aromatic carbocycles. The smallest absolute Gasteiger partial charge is 0.320 e. The van der Waals surface area contributed by atoms with E-state index >= 15 is 0 Å². The highest BCUT2D eigenvalue weighted by Gasteiger charge is 2.17. The predicted molar refractivity (Wildman–Crippen MR) is 52.9 cm³/mol. The fourth-order valence-electron chi connectivity index (χ4n) is 1.08. The number of carboxylic acid groups (broad SMARTS) is 1. The molecule has 0 radical (unpaired) electrons. The topological polar surface area (TPSA) is 98.1 Å². The minimum Gasteiger partial charge on any atom is -0.480 e.